The van der Waals surface area contributed by atoms with Crippen LogP contribution in [0.3, 0.4) is 0 Å². The Morgan fingerprint density at radius 2 is 1.35 bits per heavy atom. The van der Waals surface area contributed by atoms with Gasteiger partial charge < -0.3 is 4.57 Å². The quantitative estimate of drug-likeness (QED) is 0.368. The first kappa shape index (κ1) is 23.5. The molecule has 3 aromatic rings. The number of halogens is 2. The zero-order valence-electron chi connectivity index (χ0n) is 18.0. The molecule has 0 bridgehead atoms. The van der Waals surface area contributed by atoms with E-state index in [0.29, 0.717) is 16.7 Å². The van der Waals surface area contributed by atoms with Crippen molar-refractivity contribution < 1.29 is 14.2 Å². The molecule has 6 heteroatoms. The molecular weight excluding hydrogens is 450 g/mol. The van der Waals surface area contributed by atoms with Gasteiger partial charge in [-0.05, 0) is 68.5 Å². The summed E-state index contributed by atoms with van der Waals surface area (Å²) in [7, 11) is -4.43. The lowest BCUT2D eigenvalue weighted by Crippen LogP contribution is -2.24. The second kappa shape index (κ2) is 8.74. The van der Waals surface area contributed by atoms with E-state index in [1.807, 2.05) is 19.9 Å². The number of aryl methyl sites for hydroxylation is 3. The smallest absolute Gasteiger partial charge is 0.251 e. The maximum atomic E-state index is 14.6. The fourth-order valence-electron chi connectivity index (χ4n) is 3.76. The Balaban J connectivity index is 2.41. The SMILES string of the molecule is Cc1cc(C)c(C(=O)P(=O)(C(=O)c2ccccc2)c2c(Cl)ccc(C)c2Cl)c(C)c1C. The van der Waals surface area contributed by atoms with Gasteiger partial charge in [0.05, 0.1) is 15.3 Å². The predicted octanol–water partition coefficient (Wildman–Crippen LogP) is 7.20. The summed E-state index contributed by atoms with van der Waals surface area (Å²) in [5.41, 5.74) is 2.81. The molecule has 0 saturated heterocycles. The van der Waals surface area contributed by atoms with Crippen LogP contribution in [-0.2, 0) is 4.57 Å². The van der Waals surface area contributed by atoms with Crippen LogP contribution in [0.25, 0.3) is 0 Å². The molecule has 0 radical (unpaired) electrons. The predicted molar refractivity (Wildman–Crippen MR) is 129 cm³/mol. The Morgan fingerprint density at radius 1 is 0.742 bits per heavy atom. The fraction of sp³-hybridized carbons (Fsp3) is 0.200. The average molecular weight is 473 g/mol. The van der Waals surface area contributed by atoms with Crippen LogP contribution in [0, 0.1) is 34.6 Å². The number of hydrogen-bond acceptors (Lipinski definition) is 3. The minimum Gasteiger partial charge on any atom is -0.302 e. The zero-order chi connectivity index (χ0) is 23.1. The standard InChI is InChI=1S/C25H23Cl2O3P/c1-14-11-12-20(26)23(22(14)27)31(30,24(28)19-9-7-6-8-10-19)25(29)21-16(3)13-15(2)17(4)18(21)5/h6-13H,1-5H3. The molecule has 160 valence electrons. The minimum absolute atomic E-state index is 0.0377. The summed E-state index contributed by atoms with van der Waals surface area (Å²) in [6.45, 7) is 9.16. The van der Waals surface area contributed by atoms with E-state index in [0.717, 1.165) is 11.1 Å². The van der Waals surface area contributed by atoms with Gasteiger partial charge >= 0.3 is 0 Å². The summed E-state index contributed by atoms with van der Waals surface area (Å²) in [6, 6.07) is 13.2. The molecule has 1 unspecified atom stereocenters. The molecule has 0 heterocycles. The number of hydrogen-bond donors (Lipinski definition) is 0. The van der Waals surface area contributed by atoms with Gasteiger partial charge in [0, 0.05) is 11.1 Å². The third-order valence-electron chi connectivity index (χ3n) is 5.74. The maximum Gasteiger partial charge on any atom is 0.251 e. The van der Waals surface area contributed by atoms with Crippen molar-refractivity contribution in [3.63, 3.8) is 0 Å². The van der Waals surface area contributed by atoms with Gasteiger partial charge in [0.1, 0.15) is 0 Å². The number of carbonyl (C=O) groups excluding carboxylic acids is 2. The number of rotatable bonds is 5. The van der Waals surface area contributed by atoms with Gasteiger partial charge in [0.2, 0.25) is 11.0 Å². The van der Waals surface area contributed by atoms with E-state index in [1.165, 1.54) is 6.07 Å². The Kier molecular flexibility index (Phi) is 6.62. The maximum absolute atomic E-state index is 14.6. The van der Waals surface area contributed by atoms with Crippen molar-refractivity contribution in [2.45, 2.75) is 34.6 Å². The van der Waals surface area contributed by atoms with Crippen molar-refractivity contribution in [1.29, 1.82) is 0 Å². The molecule has 0 aromatic heterocycles. The Morgan fingerprint density at radius 3 is 1.97 bits per heavy atom. The van der Waals surface area contributed by atoms with Crippen LogP contribution in [0.15, 0.2) is 48.5 Å². The molecule has 0 aliphatic carbocycles. The van der Waals surface area contributed by atoms with Crippen molar-refractivity contribution >= 4 is 46.7 Å². The summed E-state index contributed by atoms with van der Waals surface area (Å²) in [5, 5.41) is 0.0232. The van der Waals surface area contributed by atoms with Gasteiger partial charge in [-0.15, -0.1) is 0 Å². The second-order valence-corrected chi connectivity index (χ2v) is 11.0. The van der Waals surface area contributed by atoms with E-state index in [9.17, 15) is 14.2 Å². The summed E-state index contributed by atoms with van der Waals surface area (Å²) in [6.07, 6.45) is 0. The van der Waals surface area contributed by atoms with Crippen LogP contribution in [0.1, 0.15) is 48.5 Å². The van der Waals surface area contributed by atoms with Crippen LogP contribution in [0.5, 0.6) is 0 Å². The number of carbonyl (C=O) groups is 2. The van der Waals surface area contributed by atoms with Crippen LogP contribution >= 0.6 is 30.3 Å². The molecule has 1 atom stereocenters. The van der Waals surface area contributed by atoms with Crippen LogP contribution in [-0.4, -0.2) is 11.0 Å². The molecule has 0 aliphatic rings. The summed E-state index contributed by atoms with van der Waals surface area (Å²) in [5.74, 6) is 0. The second-order valence-electron chi connectivity index (χ2n) is 7.75. The van der Waals surface area contributed by atoms with Crippen molar-refractivity contribution in [1.82, 2.24) is 0 Å². The first-order chi connectivity index (χ1) is 14.5. The topological polar surface area (TPSA) is 51.2 Å². The third-order valence-corrected chi connectivity index (χ3v) is 9.52. The Labute approximate surface area is 192 Å². The molecule has 0 spiro atoms. The van der Waals surface area contributed by atoms with Crippen molar-refractivity contribution in [3.8, 4) is 0 Å². The minimum atomic E-state index is -4.43. The van der Waals surface area contributed by atoms with Crippen molar-refractivity contribution in [2.24, 2.45) is 0 Å². The largest absolute Gasteiger partial charge is 0.302 e. The molecule has 31 heavy (non-hydrogen) atoms. The van der Waals surface area contributed by atoms with E-state index in [2.05, 4.69) is 0 Å². The Bertz CT molecular complexity index is 1260. The van der Waals surface area contributed by atoms with Crippen molar-refractivity contribution in [2.75, 3.05) is 0 Å². The summed E-state index contributed by atoms with van der Waals surface area (Å²) < 4.78 is 14.6. The van der Waals surface area contributed by atoms with E-state index in [4.69, 9.17) is 23.2 Å². The molecule has 0 amide bonds. The monoisotopic (exact) mass is 472 g/mol. The van der Waals surface area contributed by atoms with Crippen LogP contribution in [0.4, 0.5) is 0 Å². The van der Waals surface area contributed by atoms with Crippen LogP contribution in [0.2, 0.25) is 10.0 Å². The highest BCUT2D eigenvalue weighted by molar-refractivity contribution is 8.01. The van der Waals surface area contributed by atoms with Crippen molar-refractivity contribution in [3.05, 3.63) is 97.5 Å². The number of benzene rings is 3. The van der Waals surface area contributed by atoms with Gasteiger partial charge in [0.25, 0.3) is 7.14 Å². The first-order valence-corrected chi connectivity index (χ1v) is 12.3. The molecule has 0 N–H and O–H groups in total. The molecule has 0 saturated carbocycles. The molecule has 3 nitrogen and oxygen atoms in total. The molecular formula is C25H23Cl2O3P. The lowest BCUT2D eigenvalue weighted by atomic mass is 9.95. The third kappa shape index (κ3) is 3.91. The highest BCUT2D eigenvalue weighted by Gasteiger charge is 2.46. The van der Waals surface area contributed by atoms with Gasteiger partial charge in [0.15, 0.2) is 0 Å². The molecule has 3 aromatic carbocycles. The van der Waals surface area contributed by atoms with Gasteiger partial charge in [-0.3, -0.25) is 9.59 Å². The fourth-order valence-corrected chi connectivity index (χ4v) is 7.43. The lowest BCUT2D eigenvalue weighted by Gasteiger charge is -2.22. The van der Waals surface area contributed by atoms with Gasteiger partial charge in [-0.1, -0.05) is 65.7 Å². The average Bonchev–Trinajstić information content (AvgIpc) is 2.74. The molecule has 0 aliphatic heterocycles. The van der Waals surface area contributed by atoms with E-state index < -0.39 is 18.2 Å². The Hall–Kier alpha value is -2.19. The van der Waals surface area contributed by atoms with E-state index in [-0.39, 0.29) is 26.5 Å². The zero-order valence-corrected chi connectivity index (χ0v) is 20.5. The van der Waals surface area contributed by atoms with Crippen LogP contribution < -0.4 is 5.30 Å². The van der Waals surface area contributed by atoms with Gasteiger partial charge in [-0.25, -0.2) is 0 Å². The summed E-state index contributed by atoms with van der Waals surface area (Å²) in [4.78, 5) is 27.7. The first-order valence-electron chi connectivity index (χ1n) is 9.79. The summed E-state index contributed by atoms with van der Waals surface area (Å²) >= 11 is 12.9. The van der Waals surface area contributed by atoms with E-state index in [1.54, 1.807) is 57.2 Å². The molecule has 0 fully saturated rings. The lowest BCUT2D eigenvalue weighted by molar-refractivity contribution is 0.104. The highest BCUT2D eigenvalue weighted by atomic mass is 35.5. The molecule has 3 rings (SSSR count). The normalized spacial score (nSPS) is 13.0. The van der Waals surface area contributed by atoms with Gasteiger partial charge in [-0.2, -0.15) is 0 Å². The van der Waals surface area contributed by atoms with E-state index >= 15 is 0 Å². The highest BCUT2D eigenvalue weighted by Crippen LogP contribution is 2.55.